The normalized spacial score (nSPS) is 10.2. The van der Waals surface area contributed by atoms with Crippen LogP contribution in [-0.2, 0) is 0 Å². The zero-order valence-electron chi connectivity index (χ0n) is 9.77. The van der Waals surface area contributed by atoms with Crippen LogP contribution < -0.4 is 11.1 Å². The molecule has 5 heteroatoms. The number of carbonyl (C=O) groups excluding carboxylic acids is 1. The van der Waals surface area contributed by atoms with Gasteiger partial charge in [-0.3, -0.25) is 5.32 Å². The molecule has 0 aliphatic rings. The minimum atomic E-state index is -0.592. The molecule has 2 rings (SSSR count). The highest BCUT2D eigenvalue weighted by atomic mass is 16.2. The fraction of sp³-hybridized carbons (Fsp3) is 0.167. The highest BCUT2D eigenvalue weighted by Gasteiger charge is 2.13. The maximum atomic E-state index is 11.0. The third-order valence-electron chi connectivity index (χ3n) is 2.60. The van der Waals surface area contributed by atoms with E-state index in [1.807, 2.05) is 44.2 Å². The van der Waals surface area contributed by atoms with Crippen molar-refractivity contribution in [3.63, 3.8) is 0 Å². The van der Waals surface area contributed by atoms with Crippen LogP contribution in [0.4, 0.5) is 10.6 Å². The van der Waals surface area contributed by atoms with Crippen LogP contribution in [0.3, 0.4) is 0 Å². The van der Waals surface area contributed by atoms with Gasteiger partial charge in [-0.1, -0.05) is 18.2 Å². The summed E-state index contributed by atoms with van der Waals surface area (Å²) in [6, 6.07) is 8.99. The molecule has 0 atom stereocenters. The Balaban J connectivity index is 2.54. The number of carbonyl (C=O) groups is 1. The number of benzene rings is 1. The molecule has 1 aromatic heterocycles. The minimum absolute atomic E-state index is 0.592. The Labute approximate surface area is 99.2 Å². The second kappa shape index (κ2) is 4.29. The highest BCUT2D eigenvalue weighted by molar-refractivity contribution is 5.88. The molecule has 0 unspecified atom stereocenters. The average Bonchev–Trinajstić information content (AvgIpc) is 2.58. The molecule has 1 heterocycles. The van der Waals surface area contributed by atoms with Crippen molar-refractivity contribution in [1.82, 2.24) is 9.78 Å². The van der Waals surface area contributed by atoms with Crippen LogP contribution in [-0.4, -0.2) is 15.8 Å². The quantitative estimate of drug-likeness (QED) is 0.827. The molecule has 1 aromatic carbocycles. The number of aryl methyl sites for hydroxylation is 1. The molecular weight excluding hydrogens is 216 g/mol. The summed E-state index contributed by atoms with van der Waals surface area (Å²) < 4.78 is 1.68. The largest absolute Gasteiger partial charge is 0.351 e. The Bertz CT molecular complexity index is 545. The van der Waals surface area contributed by atoms with E-state index in [2.05, 4.69) is 10.4 Å². The van der Waals surface area contributed by atoms with Gasteiger partial charge < -0.3 is 5.73 Å². The molecule has 5 nitrogen and oxygen atoms in total. The summed E-state index contributed by atoms with van der Waals surface area (Å²) >= 11 is 0. The summed E-state index contributed by atoms with van der Waals surface area (Å²) in [5, 5.41) is 6.98. The first-order chi connectivity index (χ1) is 8.09. The topological polar surface area (TPSA) is 72.9 Å². The lowest BCUT2D eigenvalue weighted by Gasteiger charge is -2.07. The predicted octanol–water partition coefficient (Wildman–Crippen LogP) is 1.98. The van der Waals surface area contributed by atoms with E-state index in [1.54, 1.807) is 4.68 Å². The molecule has 0 aliphatic heterocycles. The smallest absolute Gasteiger partial charge is 0.317 e. The summed E-state index contributed by atoms with van der Waals surface area (Å²) in [6.07, 6.45) is 0. The van der Waals surface area contributed by atoms with Gasteiger partial charge in [0.1, 0.15) is 5.82 Å². The van der Waals surface area contributed by atoms with Gasteiger partial charge in [0, 0.05) is 5.56 Å². The van der Waals surface area contributed by atoms with E-state index < -0.39 is 6.03 Å². The van der Waals surface area contributed by atoms with E-state index in [4.69, 9.17) is 5.73 Å². The van der Waals surface area contributed by atoms with Crippen molar-refractivity contribution in [1.29, 1.82) is 0 Å². The lowest BCUT2D eigenvalue weighted by molar-refractivity contribution is 0.259. The van der Waals surface area contributed by atoms with Gasteiger partial charge in [0.05, 0.1) is 11.4 Å². The number of rotatable bonds is 2. The zero-order chi connectivity index (χ0) is 12.4. The summed E-state index contributed by atoms with van der Waals surface area (Å²) in [6.45, 7) is 3.79. The van der Waals surface area contributed by atoms with Gasteiger partial charge in [0.2, 0.25) is 0 Å². The molecule has 3 N–H and O–H groups in total. The van der Waals surface area contributed by atoms with Crippen molar-refractivity contribution in [3.8, 4) is 5.69 Å². The van der Waals surface area contributed by atoms with E-state index in [0.717, 1.165) is 16.9 Å². The third kappa shape index (κ3) is 2.13. The predicted molar refractivity (Wildman–Crippen MR) is 66.2 cm³/mol. The average molecular weight is 230 g/mol. The molecule has 88 valence electrons. The maximum absolute atomic E-state index is 11.0. The molecule has 0 fully saturated rings. The SMILES string of the molecule is Cc1nn(-c2ccccc2)c(NC(N)=O)c1C. The summed E-state index contributed by atoms with van der Waals surface area (Å²) in [5.74, 6) is 0.612. The third-order valence-corrected chi connectivity index (χ3v) is 2.60. The van der Waals surface area contributed by atoms with E-state index in [1.165, 1.54) is 0 Å². The Morgan fingerprint density at radius 1 is 1.29 bits per heavy atom. The second-order valence-electron chi connectivity index (χ2n) is 3.80. The summed E-state index contributed by atoms with van der Waals surface area (Å²) in [7, 11) is 0. The van der Waals surface area contributed by atoms with E-state index in [0.29, 0.717) is 5.82 Å². The molecule has 0 saturated carbocycles. The Kier molecular flexibility index (Phi) is 2.82. The van der Waals surface area contributed by atoms with Crippen molar-refractivity contribution < 1.29 is 4.79 Å². The van der Waals surface area contributed by atoms with Gasteiger partial charge in [-0.05, 0) is 26.0 Å². The standard InChI is InChI=1S/C12H14N4O/c1-8-9(2)15-16(11(8)14-12(13)17)10-6-4-3-5-7-10/h3-7H,1-2H3,(H3,13,14,17). The Morgan fingerprint density at radius 3 is 2.53 bits per heavy atom. The van der Waals surface area contributed by atoms with Crippen LogP contribution in [0.2, 0.25) is 0 Å². The first kappa shape index (κ1) is 11.2. The minimum Gasteiger partial charge on any atom is -0.351 e. The molecule has 2 aromatic rings. The molecule has 0 bridgehead atoms. The molecule has 0 aliphatic carbocycles. The number of hydrogen-bond acceptors (Lipinski definition) is 2. The summed E-state index contributed by atoms with van der Waals surface area (Å²) in [5.41, 5.74) is 7.81. The van der Waals surface area contributed by atoms with Crippen LogP contribution in [0.1, 0.15) is 11.3 Å². The Morgan fingerprint density at radius 2 is 1.94 bits per heavy atom. The van der Waals surface area contributed by atoms with Gasteiger partial charge in [0.15, 0.2) is 0 Å². The molecule has 0 radical (unpaired) electrons. The monoisotopic (exact) mass is 230 g/mol. The second-order valence-corrected chi connectivity index (χ2v) is 3.80. The van der Waals surface area contributed by atoms with Gasteiger partial charge in [-0.2, -0.15) is 5.10 Å². The van der Waals surface area contributed by atoms with Crippen molar-refractivity contribution in [2.24, 2.45) is 5.73 Å². The number of nitrogens with one attached hydrogen (secondary N) is 1. The number of hydrogen-bond donors (Lipinski definition) is 2. The van der Waals surface area contributed by atoms with Crippen LogP contribution in [0.25, 0.3) is 5.69 Å². The number of aromatic nitrogens is 2. The fourth-order valence-electron chi connectivity index (χ4n) is 1.62. The van der Waals surface area contributed by atoms with E-state index in [9.17, 15) is 4.79 Å². The molecule has 0 saturated heterocycles. The van der Waals surface area contributed by atoms with Crippen LogP contribution in [0.5, 0.6) is 0 Å². The van der Waals surface area contributed by atoms with Crippen molar-refractivity contribution >= 4 is 11.8 Å². The highest BCUT2D eigenvalue weighted by Crippen LogP contribution is 2.22. The molecule has 17 heavy (non-hydrogen) atoms. The maximum Gasteiger partial charge on any atom is 0.317 e. The lowest BCUT2D eigenvalue weighted by Crippen LogP contribution is -2.21. The summed E-state index contributed by atoms with van der Waals surface area (Å²) in [4.78, 5) is 11.0. The first-order valence-corrected chi connectivity index (χ1v) is 5.27. The van der Waals surface area contributed by atoms with Gasteiger partial charge in [0.25, 0.3) is 0 Å². The number of amides is 2. The number of nitrogens with zero attached hydrogens (tertiary/aromatic N) is 2. The van der Waals surface area contributed by atoms with Crippen LogP contribution >= 0.6 is 0 Å². The zero-order valence-corrected chi connectivity index (χ0v) is 9.77. The van der Waals surface area contributed by atoms with Crippen molar-refractivity contribution in [3.05, 3.63) is 41.6 Å². The van der Waals surface area contributed by atoms with Gasteiger partial charge in [-0.15, -0.1) is 0 Å². The molecule has 2 amide bonds. The number of nitrogens with two attached hydrogens (primary N) is 1. The van der Waals surface area contributed by atoms with E-state index in [-0.39, 0.29) is 0 Å². The first-order valence-electron chi connectivity index (χ1n) is 5.27. The lowest BCUT2D eigenvalue weighted by atomic mass is 10.2. The Hall–Kier alpha value is -2.30. The van der Waals surface area contributed by atoms with E-state index >= 15 is 0 Å². The number of primary amides is 1. The van der Waals surface area contributed by atoms with Crippen molar-refractivity contribution in [2.75, 3.05) is 5.32 Å². The van der Waals surface area contributed by atoms with Crippen LogP contribution in [0.15, 0.2) is 30.3 Å². The molecular formula is C12H14N4O. The molecule has 0 spiro atoms. The van der Waals surface area contributed by atoms with Gasteiger partial charge in [-0.25, -0.2) is 9.48 Å². The number of urea groups is 1. The number of para-hydroxylation sites is 1. The van der Waals surface area contributed by atoms with Crippen LogP contribution in [0, 0.1) is 13.8 Å². The fourth-order valence-corrected chi connectivity index (χ4v) is 1.62. The van der Waals surface area contributed by atoms with Gasteiger partial charge >= 0.3 is 6.03 Å². The van der Waals surface area contributed by atoms with Crippen molar-refractivity contribution in [2.45, 2.75) is 13.8 Å². The number of anilines is 1.